The van der Waals surface area contributed by atoms with Gasteiger partial charge in [-0.2, -0.15) is 4.99 Å². The summed E-state index contributed by atoms with van der Waals surface area (Å²) in [5, 5.41) is 0.512. The summed E-state index contributed by atoms with van der Waals surface area (Å²) in [4.78, 5) is 28.4. The zero-order valence-electron chi connectivity index (χ0n) is 12.5. The molecule has 7 nitrogen and oxygen atoms in total. The lowest BCUT2D eigenvalue weighted by Gasteiger charge is -2.12. The average molecular weight is 335 g/mol. The van der Waals surface area contributed by atoms with E-state index in [9.17, 15) is 9.59 Å². The Morgan fingerprint density at radius 1 is 1.26 bits per heavy atom. The van der Waals surface area contributed by atoms with Crippen molar-refractivity contribution in [3.8, 4) is 11.3 Å². The largest absolute Gasteiger partial charge is 0.449 e. The quantitative estimate of drug-likeness (QED) is 0.658. The van der Waals surface area contributed by atoms with Gasteiger partial charge in [-0.05, 0) is 12.1 Å². The van der Waals surface area contributed by atoms with Gasteiger partial charge in [0, 0.05) is 30.6 Å². The Bertz CT molecular complexity index is 794. The summed E-state index contributed by atoms with van der Waals surface area (Å²) in [6.07, 6.45) is 0. The lowest BCUT2D eigenvalue weighted by Crippen LogP contribution is -2.26. The van der Waals surface area contributed by atoms with E-state index in [2.05, 4.69) is 4.99 Å². The molecule has 1 aromatic carbocycles. The van der Waals surface area contributed by atoms with Gasteiger partial charge in [-0.15, -0.1) is 0 Å². The second-order valence-corrected chi connectivity index (χ2v) is 5.19. The van der Waals surface area contributed by atoms with E-state index in [-0.39, 0.29) is 17.4 Å². The van der Waals surface area contributed by atoms with Crippen LogP contribution >= 0.6 is 11.6 Å². The maximum atomic E-state index is 12.1. The lowest BCUT2D eigenvalue weighted by atomic mass is 10.1. The molecule has 1 aromatic heterocycles. The Labute approximate surface area is 137 Å². The predicted octanol–water partition coefficient (Wildman–Crippen LogP) is 2.00. The van der Waals surface area contributed by atoms with Crippen molar-refractivity contribution in [3.05, 3.63) is 41.1 Å². The maximum absolute atomic E-state index is 12.1. The smallest absolute Gasteiger partial charge is 0.318 e. The van der Waals surface area contributed by atoms with Crippen LogP contribution in [0.15, 0.2) is 39.7 Å². The minimum absolute atomic E-state index is 0.133. The summed E-state index contributed by atoms with van der Waals surface area (Å²) in [5.41, 5.74) is 11.4. The Morgan fingerprint density at radius 2 is 1.96 bits per heavy atom. The van der Waals surface area contributed by atoms with Crippen molar-refractivity contribution in [1.82, 2.24) is 0 Å². The first-order chi connectivity index (χ1) is 10.8. The normalized spacial score (nSPS) is 10.2. The lowest BCUT2D eigenvalue weighted by molar-refractivity contribution is -0.116. The molecule has 0 fully saturated rings. The fraction of sp³-hybridized carbons (Fsp3) is 0.133. The summed E-state index contributed by atoms with van der Waals surface area (Å²) in [5.74, 6) is -1.22. The molecule has 0 radical (unpaired) electrons. The average Bonchev–Trinajstić information content (AvgIpc) is 2.90. The maximum Gasteiger partial charge on any atom is 0.318 e. The highest BCUT2D eigenvalue weighted by Gasteiger charge is 2.23. The van der Waals surface area contributed by atoms with E-state index >= 15 is 0 Å². The Balaban J connectivity index is 2.58. The summed E-state index contributed by atoms with van der Waals surface area (Å²) in [6.45, 7) is 1.36. The van der Waals surface area contributed by atoms with Gasteiger partial charge in [-0.25, -0.2) is 0 Å². The van der Waals surface area contributed by atoms with Crippen LogP contribution in [0.3, 0.4) is 0 Å². The van der Waals surface area contributed by atoms with Gasteiger partial charge in [0.05, 0.1) is 5.69 Å². The summed E-state index contributed by atoms with van der Waals surface area (Å²) >= 11 is 5.96. The van der Waals surface area contributed by atoms with Gasteiger partial charge < -0.3 is 20.8 Å². The van der Waals surface area contributed by atoms with Crippen LogP contribution in [0.2, 0.25) is 5.02 Å². The van der Waals surface area contributed by atoms with Crippen molar-refractivity contribution < 1.29 is 14.0 Å². The van der Waals surface area contributed by atoms with E-state index < -0.39 is 11.9 Å². The first-order valence-corrected chi connectivity index (χ1v) is 6.95. The van der Waals surface area contributed by atoms with Crippen molar-refractivity contribution >= 4 is 35.1 Å². The molecule has 0 saturated heterocycles. The number of hydrogen-bond acceptors (Lipinski definition) is 3. The molecule has 0 bridgehead atoms. The highest BCUT2D eigenvalue weighted by atomic mass is 35.5. The van der Waals surface area contributed by atoms with E-state index in [0.717, 1.165) is 0 Å². The molecule has 2 rings (SSSR count). The number of nitrogens with zero attached hydrogens (tertiary/aromatic N) is 2. The van der Waals surface area contributed by atoms with Gasteiger partial charge in [0.1, 0.15) is 5.76 Å². The number of aliphatic imine (C=N–C) groups is 1. The van der Waals surface area contributed by atoms with Crippen molar-refractivity contribution in [2.24, 2.45) is 16.5 Å². The van der Waals surface area contributed by atoms with Gasteiger partial charge >= 0.3 is 5.91 Å². The molecule has 2 aromatic rings. The number of carbonyl (C=O) groups excluding carboxylic acids is 2. The van der Waals surface area contributed by atoms with Crippen molar-refractivity contribution in [1.29, 1.82) is 0 Å². The molecule has 0 saturated carbocycles. The molecule has 4 N–H and O–H groups in total. The number of hydrogen-bond donors (Lipinski definition) is 2. The van der Waals surface area contributed by atoms with Gasteiger partial charge in [0.2, 0.25) is 11.7 Å². The monoisotopic (exact) mass is 334 g/mol. The molecule has 0 aliphatic rings. The molecule has 0 aliphatic carbocycles. The van der Waals surface area contributed by atoms with Gasteiger partial charge in [-0.3, -0.25) is 9.59 Å². The third-order valence-corrected chi connectivity index (χ3v) is 3.32. The number of rotatable bonds is 3. The number of anilines is 1. The molecule has 0 spiro atoms. The third kappa shape index (κ3) is 3.70. The van der Waals surface area contributed by atoms with E-state index in [1.54, 1.807) is 30.3 Å². The highest BCUT2D eigenvalue weighted by Crippen LogP contribution is 2.32. The molecular formula is C15H15ClN4O3. The van der Waals surface area contributed by atoms with Crippen molar-refractivity contribution in [3.63, 3.8) is 0 Å². The molecule has 0 atom stereocenters. The first-order valence-electron chi connectivity index (χ1n) is 6.57. The van der Waals surface area contributed by atoms with Crippen LogP contribution in [0, 0.1) is 0 Å². The van der Waals surface area contributed by atoms with E-state index in [1.165, 1.54) is 18.9 Å². The van der Waals surface area contributed by atoms with E-state index in [0.29, 0.717) is 16.3 Å². The Kier molecular flexibility index (Phi) is 4.71. The third-order valence-electron chi connectivity index (χ3n) is 3.08. The van der Waals surface area contributed by atoms with Gasteiger partial charge in [-0.1, -0.05) is 23.7 Å². The van der Waals surface area contributed by atoms with E-state index in [1.807, 2.05) is 0 Å². The first kappa shape index (κ1) is 16.6. The number of benzene rings is 1. The summed E-state index contributed by atoms with van der Waals surface area (Å²) in [6, 6.07) is 8.44. The topological polar surface area (TPSA) is 115 Å². The minimum atomic E-state index is -0.777. The molecular weight excluding hydrogens is 320 g/mol. The SMILES string of the molecule is CC(=O)N(C)c1cc(-c2cccc(Cl)c2)oc1C(=O)N=C(N)N. The van der Waals surface area contributed by atoms with Crippen LogP contribution in [0.4, 0.5) is 5.69 Å². The van der Waals surface area contributed by atoms with Gasteiger partial charge in [0.15, 0.2) is 5.96 Å². The van der Waals surface area contributed by atoms with Crippen LogP contribution in [0.25, 0.3) is 11.3 Å². The molecule has 1 heterocycles. The van der Waals surface area contributed by atoms with Crippen LogP contribution in [-0.4, -0.2) is 24.8 Å². The van der Waals surface area contributed by atoms with Crippen LogP contribution in [0.5, 0.6) is 0 Å². The van der Waals surface area contributed by atoms with Crippen LogP contribution in [-0.2, 0) is 4.79 Å². The molecule has 120 valence electrons. The second kappa shape index (κ2) is 6.53. The summed E-state index contributed by atoms with van der Waals surface area (Å²) in [7, 11) is 1.52. The standard InChI is InChI=1S/C15H15ClN4O3/c1-8(21)20(2)11-7-12(9-4-3-5-10(16)6-9)23-13(11)14(22)19-15(17)18/h3-7H,1-2H3,(H4,17,18,19,22). The fourth-order valence-electron chi connectivity index (χ4n) is 1.91. The zero-order valence-corrected chi connectivity index (χ0v) is 13.3. The second-order valence-electron chi connectivity index (χ2n) is 4.76. The number of carbonyl (C=O) groups is 2. The number of halogens is 1. The zero-order chi connectivity index (χ0) is 17.1. The molecule has 0 aliphatic heterocycles. The Hall–Kier alpha value is -2.80. The number of guanidine groups is 1. The van der Waals surface area contributed by atoms with E-state index in [4.69, 9.17) is 27.5 Å². The minimum Gasteiger partial charge on any atom is -0.449 e. The van der Waals surface area contributed by atoms with Gasteiger partial charge in [0.25, 0.3) is 0 Å². The predicted molar refractivity (Wildman–Crippen MR) is 88.4 cm³/mol. The molecule has 8 heteroatoms. The molecule has 2 amide bonds. The number of nitrogens with two attached hydrogens (primary N) is 2. The van der Waals surface area contributed by atoms with Crippen LogP contribution in [0.1, 0.15) is 17.5 Å². The van der Waals surface area contributed by atoms with Crippen LogP contribution < -0.4 is 16.4 Å². The number of furan rings is 1. The fourth-order valence-corrected chi connectivity index (χ4v) is 2.10. The van der Waals surface area contributed by atoms with Crippen molar-refractivity contribution in [2.75, 3.05) is 11.9 Å². The highest BCUT2D eigenvalue weighted by molar-refractivity contribution is 6.30. The van der Waals surface area contributed by atoms with Crippen molar-refractivity contribution in [2.45, 2.75) is 6.92 Å². The molecule has 23 heavy (non-hydrogen) atoms. The Morgan fingerprint density at radius 3 is 2.52 bits per heavy atom. The number of amides is 2. The summed E-state index contributed by atoms with van der Waals surface area (Å²) < 4.78 is 5.57. The molecule has 0 unspecified atom stereocenters.